The van der Waals surface area contributed by atoms with Crippen LogP contribution in [0.3, 0.4) is 0 Å². The topological polar surface area (TPSA) is 55.1 Å². The van der Waals surface area contributed by atoms with Crippen molar-refractivity contribution in [2.24, 2.45) is 11.7 Å². The van der Waals surface area contributed by atoms with Crippen LogP contribution in [0.1, 0.15) is 41.6 Å². The molecular formula is C15H19F3N2O. The zero-order valence-corrected chi connectivity index (χ0v) is 11.6. The number of hydrogen-bond acceptors (Lipinski definition) is 2. The van der Waals surface area contributed by atoms with Gasteiger partial charge in [0.05, 0.1) is 5.56 Å². The summed E-state index contributed by atoms with van der Waals surface area (Å²) in [6, 6.07) is 4.50. The molecule has 116 valence electrons. The van der Waals surface area contributed by atoms with E-state index in [1.54, 1.807) is 0 Å². The van der Waals surface area contributed by atoms with E-state index < -0.39 is 17.6 Å². The number of rotatable bonds is 3. The molecule has 2 rings (SSSR count). The second-order valence-electron chi connectivity index (χ2n) is 5.50. The predicted molar refractivity (Wildman–Crippen MR) is 73.7 cm³/mol. The molecule has 1 amide bonds. The third-order valence-corrected chi connectivity index (χ3v) is 3.94. The molecule has 3 N–H and O–H groups in total. The first-order chi connectivity index (χ1) is 9.88. The number of nitrogens with one attached hydrogen (secondary N) is 1. The summed E-state index contributed by atoms with van der Waals surface area (Å²) in [6.07, 6.45) is -0.382. The standard InChI is InChI=1S/C15H19F3N2O/c16-15(17,18)12-6-3-5-10(8-12)14(21)20-9-11-4-1-2-7-13(11)19/h3,5-6,8,11,13H,1-2,4,7,9,19H2,(H,20,21). The Balaban J connectivity index is 1.97. The number of alkyl halides is 3. The van der Waals surface area contributed by atoms with Gasteiger partial charge in [-0.05, 0) is 37.0 Å². The summed E-state index contributed by atoms with van der Waals surface area (Å²) in [7, 11) is 0. The van der Waals surface area contributed by atoms with E-state index in [4.69, 9.17) is 5.73 Å². The molecule has 1 aliphatic rings. The molecule has 1 fully saturated rings. The maximum atomic E-state index is 12.6. The summed E-state index contributed by atoms with van der Waals surface area (Å²) in [6.45, 7) is 0.413. The Labute approximate surface area is 121 Å². The lowest BCUT2D eigenvalue weighted by molar-refractivity contribution is -0.137. The van der Waals surface area contributed by atoms with Crippen LogP contribution < -0.4 is 11.1 Å². The molecule has 1 aromatic carbocycles. The van der Waals surface area contributed by atoms with Crippen LogP contribution in [0.2, 0.25) is 0 Å². The largest absolute Gasteiger partial charge is 0.416 e. The van der Waals surface area contributed by atoms with Crippen molar-refractivity contribution in [3.8, 4) is 0 Å². The molecule has 3 nitrogen and oxygen atoms in total. The van der Waals surface area contributed by atoms with Crippen molar-refractivity contribution in [1.82, 2.24) is 5.32 Å². The van der Waals surface area contributed by atoms with Crippen LogP contribution >= 0.6 is 0 Å². The molecule has 1 saturated carbocycles. The Kier molecular flexibility index (Phi) is 4.88. The lowest BCUT2D eigenvalue weighted by atomic mass is 9.85. The second-order valence-corrected chi connectivity index (χ2v) is 5.50. The van der Waals surface area contributed by atoms with Crippen molar-refractivity contribution in [2.45, 2.75) is 37.9 Å². The maximum absolute atomic E-state index is 12.6. The molecule has 1 aliphatic carbocycles. The summed E-state index contributed by atoms with van der Waals surface area (Å²) in [5.74, 6) is -0.285. The number of benzene rings is 1. The Morgan fingerprint density at radius 3 is 2.67 bits per heavy atom. The van der Waals surface area contributed by atoms with Crippen LogP contribution in [0, 0.1) is 5.92 Å². The third kappa shape index (κ3) is 4.20. The van der Waals surface area contributed by atoms with Crippen LogP contribution in [0.5, 0.6) is 0 Å². The quantitative estimate of drug-likeness (QED) is 0.901. The van der Waals surface area contributed by atoms with Gasteiger partial charge < -0.3 is 11.1 Å². The van der Waals surface area contributed by atoms with Gasteiger partial charge in [0, 0.05) is 18.2 Å². The predicted octanol–water partition coefficient (Wildman–Crippen LogP) is 2.95. The van der Waals surface area contributed by atoms with Gasteiger partial charge in [-0.15, -0.1) is 0 Å². The average molecular weight is 300 g/mol. The molecule has 0 saturated heterocycles. The molecule has 0 spiro atoms. The van der Waals surface area contributed by atoms with E-state index in [2.05, 4.69) is 5.32 Å². The van der Waals surface area contributed by atoms with Crippen LogP contribution in [-0.4, -0.2) is 18.5 Å². The molecule has 1 aromatic rings. The Bertz CT molecular complexity index is 502. The van der Waals surface area contributed by atoms with Crippen molar-refractivity contribution in [1.29, 1.82) is 0 Å². The molecule has 2 unspecified atom stereocenters. The number of carbonyl (C=O) groups excluding carboxylic acids is 1. The molecule has 0 aromatic heterocycles. The van der Waals surface area contributed by atoms with E-state index in [9.17, 15) is 18.0 Å². The van der Waals surface area contributed by atoms with Gasteiger partial charge in [0.2, 0.25) is 0 Å². The number of halogens is 3. The van der Waals surface area contributed by atoms with Crippen molar-refractivity contribution < 1.29 is 18.0 Å². The fourth-order valence-electron chi connectivity index (χ4n) is 2.65. The zero-order chi connectivity index (χ0) is 15.5. The van der Waals surface area contributed by atoms with Gasteiger partial charge in [0.25, 0.3) is 5.91 Å². The van der Waals surface area contributed by atoms with E-state index in [1.165, 1.54) is 12.1 Å². The Morgan fingerprint density at radius 2 is 2.00 bits per heavy atom. The minimum atomic E-state index is -4.44. The molecule has 0 bridgehead atoms. The average Bonchev–Trinajstić information content (AvgIpc) is 2.45. The normalized spacial score (nSPS) is 22.9. The number of amides is 1. The van der Waals surface area contributed by atoms with Gasteiger partial charge in [-0.3, -0.25) is 4.79 Å². The SMILES string of the molecule is NC1CCCCC1CNC(=O)c1cccc(C(F)(F)F)c1. The Hall–Kier alpha value is -1.56. The highest BCUT2D eigenvalue weighted by atomic mass is 19.4. The molecule has 0 heterocycles. The monoisotopic (exact) mass is 300 g/mol. The molecular weight excluding hydrogens is 281 g/mol. The summed E-state index contributed by atoms with van der Waals surface area (Å²) in [4.78, 5) is 12.0. The van der Waals surface area contributed by atoms with Crippen molar-refractivity contribution in [3.63, 3.8) is 0 Å². The number of carbonyl (C=O) groups is 1. The van der Waals surface area contributed by atoms with Gasteiger partial charge >= 0.3 is 6.18 Å². The molecule has 0 aliphatic heterocycles. The fourth-order valence-corrected chi connectivity index (χ4v) is 2.65. The Morgan fingerprint density at radius 1 is 1.29 bits per heavy atom. The highest BCUT2D eigenvalue weighted by molar-refractivity contribution is 5.94. The van der Waals surface area contributed by atoms with Crippen LogP contribution in [0.15, 0.2) is 24.3 Å². The van der Waals surface area contributed by atoms with E-state index in [0.29, 0.717) is 6.54 Å². The zero-order valence-electron chi connectivity index (χ0n) is 11.6. The summed E-state index contributed by atoms with van der Waals surface area (Å²) in [5, 5.41) is 2.69. The second kappa shape index (κ2) is 6.47. The van der Waals surface area contributed by atoms with Gasteiger partial charge in [-0.1, -0.05) is 18.9 Å². The van der Waals surface area contributed by atoms with E-state index in [0.717, 1.165) is 37.8 Å². The van der Waals surface area contributed by atoms with Crippen molar-refractivity contribution >= 4 is 5.91 Å². The molecule has 21 heavy (non-hydrogen) atoms. The lowest BCUT2D eigenvalue weighted by Gasteiger charge is -2.28. The van der Waals surface area contributed by atoms with Gasteiger partial charge in [0.15, 0.2) is 0 Å². The molecule has 6 heteroatoms. The van der Waals surface area contributed by atoms with Crippen molar-refractivity contribution in [3.05, 3.63) is 35.4 Å². The van der Waals surface area contributed by atoms with Gasteiger partial charge in [-0.2, -0.15) is 13.2 Å². The minimum absolute atomic E-state index is 0.0224. The fraction of sp³-hybridized carbons (Fsp3) is 0.533. The van der Waals surface area contributed by atoms with Crippen LogP contribution in [-0.2, 0) is 6.18 Å². The van der Waals surface area contributed by atoms with E-state index >= 15 is 0 Å². The van der Waals surface area contributed by atoms with Crippen molar-refractivity contribution in [2.75, 3.05) is 6.54 Å². The smallest absolute Gasteiger partial charge is 0.352 e. The lowest BCUT2D eigenvalue weighted by Crippen LogP contribution is -2.41. The van der Waals surface area contributed by atoms with Crippen LogP contribution in [0.4, 0.5) is 13.2 Å². The summed E-state index contributed by atoms with van der Waals surface area (Å²) >= 11 is 0. The molecule has 2 atom stereocenters. The minimum Gasteiger partial charge on any atom is -0.352 e. The van der Waals surface area contributed by atoms with E-state index in [1.807, 2.05) is 0 Å². The first-order valence-electron chi connectivity index (χ1n) is 7.09. The van der Waals surface area contributed by atoms with Crippen LogP contribution in [0.25, 0.3) is 0 Å². The number of nitrogens with two attached hydrogens (primary N) is 1. The highest BCUT2D eigenvalue weighted by Gasteiger charge is 2.31. The van der Waals surface area contributed by atoms with E-state index in [-0.39, 0.29) is 17.5 Å². The summed E-state index contributed by atoms with van der Waals surface area (Å²) in [5.41, 5.74) is 5.19. The number of hydrogen-bond donors (Lipinski definition) is 2. The molecule has 0 radical (unpaired) electrons. The first-order valence-corrected chi connectivity index (χ1v) is 7.09. The third-order valence-electron chi connectivity index (χ3n) is 3.94. The van der Waals surface area contributed by atoms with Gasteiger partial charge in [-0.25, -0.2) is 0 Å². The highest BCUT2D eigenvalue weighted by Crippen LogP contribution is 2.29. The maximum Gasteiger partial charge on any atom is 0.416 e. The first kappa shape index (κ1) is 15.8. The van der Waals surface area contributed by atoms with Gasteiger partial charge in [0.1, 0.15) is 0 Å². The summed E-state index contributed by atoms with van der Waals surface area (Å²) < 4.78 is 37.8.